The lowest BCUT2D eigenvalue weighted by molar-refractivity contribution is -0.274. The summed E-state index contributed by atoms with van der Waals surface area (Å²) in [5.74, 6) is -0.951. The Hall–Kier alpha value is -1.96. The van der Waals surface area contributed by atoms with Gasteiger partial charge in [-0.05, 0) is 52.3 Å². The van der Waals surface area contributed by atoms with E-state index >= 15 is 0 Å². The fourth-order valence-electron chi connectivity index (χ4n) is 1.57. The summed E-state index contributed by atoms with van der Waals surface area (Å²) < 4.78 is 53.9. The van der Waals surface area contributed by atoms with Crippen molar-refractivity contribution in [2.24, 2.45) is 0 Å². The summed E-state index contributed by atoms with van der Waals surface area (Å²) in [4.78, 5) is 0. The minimum atomic E-state index is -4.78. The Morgan fingerprint density at radius 2 is 1.81 bits per heavy atom. The Morgan fingerprint density at radius 3 is 2.38 bits per heavy atom. The van der Waals surface area contributed by atoms with E-state index in [4.69, 9.17) is 5.73 Å². The third kappa shape index (κ3) is 4.25. The highest BCUT2D eigenvalue weighted by atomic mass is 79.9. The van der Waals surface area contributed by atoms with Crippen LogP contribution in [0.3, 0.4) is 0 Å². The van der Waals surface area contributed by atoms with Crippen LogP contribution in [0, 0.1) is 5.82 Å². The van der Waals surface area contributed by atoms with Crippen molar-refractivity contribution in [1.29, 1.82) is 0 Å². The number of rotatable bonds is 3. The molecule has 0 saturated heterocycles. The van der Waals surface area contributed by atoms with Crippen molar-refractivity contribution in [3.63, 3.8) is 0 Å². The molecule has 2 rings (SSSR count). The summed E-state index contributed by atoms with van der Waals surface area (Å²) in [6.45, 7) is 0. The van der Waals surface area contributed by atoms with Crippen LogP contribution in [0.4, 0.5) is 34.6 Å². The normalized spacial score (nSPS) is 11.3. The molecule has 0 aromatic heterocycles. The lowest BCUT2D eigenvalue weighted by Gasteiger charge is -2.13. The number of nitrogens with two attached hydrogens (primary N) is 1. The summed E-state index contributed by atoms with van der Waals surface area (Å²) in [5, 5.41) is 2.73. The summed E-state index contributed by atoms with van der Waals surface area (Å²) in [7, 11) is 0. The van der Waals surface area contributed by atoms with Crippen LogP contribution in [0.5, 0.6) is 5.75 Å². The maximum absolute atomic E-state index is 13.6. The van der Waals surface area contributed by atoms with Gasteiger partial charge in [0.05, 0.1) is 10.2 Å². The molecule has 0 unspecified atom stereocenters. The van der Waals surface area contributed by atoms with Crippen LogP contribution in [-0.4, -0.2) is 6.36 Å². The van der Waals surface area contributed by atoms with Gasteiger partial charge in [0.15, 0.2) is 0 Å². The van der Waals surface area contributed by atoms with Crippen molar-refractivity contribution < 1.29 is 22.3 Å². The van der Waals surface area contributed by atoms with Gasteiger partial charge in [-0.3, -0.25) is 0 Å². The van der Waals surface area contributed by atoms with Crippen molar-refractivity contribution in [1.82, 2.24) is 0 Å². The molecule has 21 heavy (non-hydrogen) atoms. The van der Waals surface area contributed by atoms with Gasteiger partial charge in [0.25, 0.3) is 0 Å². The number of alkyl halides is 3. The number of nitrogens with one attached hydrogen (secondary N) is 1. The molecule has 0 spiro atoms. The third-order valence-electron chi connectivity index (χ3n) is 2.43. The van der Waals surface area contributed by atoms with Crippen LogP contribution in [0.1, 0.15) is 0 Å². The van der Waals surface area contributed by atoms with Gasteiger partial charge in [0, 0.05) is 11.4 Å². The number of anilines is 3. The maximum atomic E-state index is 13.6. The molecule has 8 heteroatoms. The smallest absolute Gasteiger partial charge is 0.405 e. The molecule has 2 aromatic rings. The van der Waals surface area contributed by atoms with E-state index in [1.807, 2.05) is 0 Å². The molecule has 0 saturated carbocycles. The SMILES string of the molecule is Nc1ccc(Nc2ccc(OC(F)(F)F)c(Br)c2)c(F)c1. The molecule has 0 heterocycles. The standard InChI is InChI=1S/C13H9BrF4N2O/c14-9-6-8(2-4-12(9)21-13(16,17)18)20-11-3-1-7(19)5-10(11)15/h1-6,20H,19H2. The summed E-state index contributed by atoms with van der Waals surface area (Å²) >= 11 is 2.96. The van der Waals surface area contributed by atoms with Crippen LogP contribution in [0.25, 0.3) is 0 Å². The van der Waals surface area contributed by atoms with E-state index in [-0.39, 0.29) is 21.6 Å². The van der Waals surface area contributed by atoms with Gasteiger partial charge < -0.3 is 15.8 Å². The Kier molecular flexibility index (Phi) is 4.26. The number of hydrogen-bond donors (Lipinski definition) is 2. The fourth-order valence-corrected chi connectivity index (χ4v) is 2.03. The predicted molar refractivity (Wildman–Crippen MR) is 74.9 cm³/mol. The number of benzene rings is 2. The van der Waals surface area contributed by atoms with Crippen LogP contribution in [0.2, 0.25) is 0 Å². The summed E-state index contributed by atoms with van der Waals surface area (Å²) in [6, 6.07) is 7.87. The van der Waals surface area contributed by atoms with Gasteiger partial charge in [-0.1, -0.05) is 0 Å². The molecule has 0 aliphatic rings. The zero-order valence-corrected chi connectivity index (χ0v) is 11.9. The Bertz CT molecular complexity index is 661. The first kappa shape index (κ1) is 15.4. The highest BCUT2D eigenvalue weighted by Crippen LogP contribution is 2.33. The molecule has 112 valence electrons. The molecule has 3 nitrogen and oxygen atoms in total. The first-order valence-corrected chi connectivity index (χ1v) is 6.41. The summed E-state index contributed by atoms with van der Waals surface area (Å²) in [6.07, 6.45) is -4.78. The van der Waals surface area contributed by atoms with Gasteiger partial charge >= 0.3 is 6.36 Å². The topological polar surface area (TPSA) is 47.3 Å². The molecule has 0 aliphatic carbocycles. The fraction of sp³-hybridized carbons (Fsp3) is 0.0769. The second-order valence-corrected chi connectivity index (χ2v) is 4.91. The first-order valence-electron chi connectivity index (χ1n) is 5.62. The van der Waals surface area contributed by atoms with Crippen LogP contribution in [-0.2, 0) is 0 Å². The van der Waals surface area contributed by atoms with E-state index in [9.17, 15) is 17.6 Å². The summed E-state index contributed by atoms with van der Waals surface area (Å²) in [5.41, 5.74) is 6.24. The zero-order chi connectivity index (χ0) is 15.6. The van der Waals surface area contributed by atoms with Gasteiger partial charge in [-0.2, -0.15) is 0 Å². The maximum Gasteiger partial charge on any atom is 0.573 e. The van der Waals surface area contributed by atoms with Crippen molar-refractivity contribution in [2.75, 3.05) is 11.1 Å². The number of ether oxygens (including phenoxy) is 1. The van der Waals surface area contributed by atoms with Gasteiger partial charge in [0.1, 0.15) is 11.6 Å². The number of hydrogen-bond acceptors (Lipinski definition) is 3. The van der Waals surface area contributed by atoms with Gasteiger partial charge in [-0.25, -0.2) is 4.39 Å². The third-order valence-corrected chi connectivity index (χ3v) is 3.05. The molecule has 0 radical (unpaired) electrons. The molecule has 2 aromatic carbocycles. The average molecular weight is 365 g/mol. The Balaban J connectivity index is 2.20. The Labute approximate surface area is 125 Å². The molecular formula is C13H9BrF4N2O. The van der Waals surface area contributed by atoms with E-state index < -0.39 is 12.2 Å². The lowest BCUT2D eigenvalue weighted by atomic mass is 10.2. The van der Waals surface area contributed by atoms with E-state index in [2.05, 4.69) is 26.0 Å². The molecule has 0 fully saturated rings. The van der Waals surface area contributed by atoms with E-state index in [0.29, 0.717) is 5.69 Å². The second kappa shape index (κ2) is 5.80. The number of halogens is 5. The van der Waals surface area contributed by atoms with E-state index in [1.54, 1.807) is 0 Å². The molecular weight excluding hydrogens is 356 g/mol. The van der Waals surface area contributed by atoms with E-state index in [0.717, 1.165) is 12.1 Å². The van der Waals surface area contributed by atoms with Gasteiger partial charge in [0.2, 0.25) is 0 Å². The predicted octanol–water partition coefficient (Wildman–Crippen LogP) is 4.81. The monoisotopic (exact) mass is 364 g/mol. The van der Waals surface area contributed by atoms with Crippen LogP contribution >= 0.6 is 15.9 Å². The second-order valence-electron chi connectivity index (χ2n) is 4.06. The minimum absolute atomic E-state index is 0.0840. The molecule has 0 aliphatic heterocycles. The minimum Gasteiger partial charge on any atom is -0.405 e. The zero-order valence-electron chi connectivity index (χ0n) is 10.3. The Morgan fingerprint density at radius 1 is 1.10 bits per heavy atom. The van der Waals surface area contributed by atoms with Crippen LogP contribution < -0.4 is 15.8 Å². The van der Waals surface area contributed by atoms with Gasteiger partial charge in [-0.15, -0.1) is 13.2 Å². The first-order chi connectivity index (χ1) is 9.74. The lowest BCUT2D eigenvalue weighted by Crippen LogP contribution is -2.17. The highest BCUT2D eigenvalue weighted by molar-refractivity contribution is 9.10. The highest BCUT2D eigenvalue weighted by Gasteiger charge is 2.31. The average Bonchev–Trinajstić information content (AvgIpc) is 2.35. The van der Waals surface area contributed by atoms with Crippen molar-refractivity contribution in [3.8, 4) is 5.75 Å². The largest absolute Gasteiger partial charge is 0.573 e. The molecule has 0 amide bonds. The van der Waals surface area contributed by atoms with Crippen molar-refractivity contribution >= 4 is 33.0 Å². The molecule has 3 N–H and O–H groups in total. The quantitative estimate of drug-likeness (QED) is 0.606. The molecule has 0 atom stereocenters. The molecule has 0 bridgehead atoms. The number of nitrogen functional groups attached to an aromatic ring is 1. The van der Waals surface area contributed by atoms with E-state index in [1.165, 1.54) is 24.3 Å². The van der Waals surface area contributed by atoms with Crippen molar-refractivity contribution in [3.05, 3.63) is 46.7 Å². The van der Waals surface area contributed by atoms with Crippen molar-refractivity contribution in [2.45, 2.75) is 6.36 Å². The van der Waals surface area contributed by atoms with Crippen LogP contribution in [0.15, 0.2) is 40.9 Å².